The molecule has 0 amide bonds. The molecule has 3 aromatic rings. The molecule has 0 fully saturated rings. The first-order valence-electron chi connectivity index (χ1n) is 10.6. The van der Waals surface area contributed by atoms with Gasteiger partial charge in [-0.05, 0) is 67.8 Å². The summed E-state index contributed by atoms with van der Waals surface area (Å²) >= 11 is 0. The molecule has 0 aliphatic carbocycles. The monoisotopic (exact) mass is 441 g/mol. The smallest absolute Gasteiger partial charge is 0.363 e. The summed E-state index contributed by atoms with van der Waals surface area (Å²) in [5.74, 6) is -0.0277. The van der Waals surface area contributed by atoms with E-state index in [-0.39, 0.29) is 11.6 Å². The van der Waals surface area contributed by atoms with Crippen molar-refractivity contribution in [2.45, 2.75) is 20.8 Å². The van der Waals surface area contributed by atoms with Gasteiger partial charge in [-0.25, -0.2) is 14.6 Å². The predicted molar refractivity (Wildman–Crippen MR) is 126 cm³/mol. The van der Waals surface area contributed by atoms with Crippen LogP contribution >= 0.6 is 0 Å². The number of aryl methyl sites for hydroxylation is 2. The van der Waals surface area contributed by atoms with Crippen LogP contribution in [0.1, 0.15) is 39.5 Å². The molecule has 6 heteroatoms. The Bertz CT molecular complexity index is 1290. The second-order valence-corrected chi connectivity index (χ2v) is 7.49. The number of cyclic esters (lactones) is 1. The fourth-order valence-electron chi connectivity index (χ4n) is 3.42. The molecule has 3 aromatic carbocycles. The number of carbonyl (C=O) groups excluding carboxylic acids is 2. The van der Waals surface area contributed by atoms with E-state index in [9.17, 15) is 9.59 Å². The number of hydrogen-bond donors (Lipinski definition) is 0. The Morgan fingerprint density at radius 1 is 0.970 bits per heavy atom. The maximum absolute atomic E-state index is 12.6. The SMILES string of the molecule is CCOc1cc(/C=C2/N=C(c3ccccc3C)OC2=O)ccc1OC(=O)c1ccccc1C. The van der Waals surface area contributed by atoms with Crippen molar-refractivity contribution in [3.05, 3.63) is 100 Å². The normalized spacial score (nSPS) is 14.1. The number of benzene rings is 3. The Labute approximate surface area is 192 Å². The third-order valence-corrected chi connectivity index (χ3v) is 5.13. The number of carbonyl (C=O) groups is 2. The van der Waals surface area contributed by atoms with Crippen LogP contribution in [-0.2, 0) is 9.53 Å². The number of hydrogen-bond acceptors (Lipinski definition) is 6. The van der Waals surface area contributed by atoms with Gasteiger partial charge in [0.1, 0.15) is 0 Å². The van der Waals surface area contributed by atoms with Crippen molar-refractivity contribution < 1.29 is 23.8 Å². The fraction of sp³-hybridized carbons (Fsp3) is 0.148. The molecule has 1 heterocycles. The summed E-state index contributed by atoms with van der Waals surface area (Å²) < 4.78 is 16.6. The minimum atomic E-state index is -0.527. The molecule has 33 heavy (non-hydrogen) atoms. The fourth-order valence-corrected chi connectivity index (χ4v) is 3.42. The van der Waals surface area contributed by atoms with E-state index >= 15 is 0 Å². The molecule has 166 valence electrons. The molecule has 0 N–H and O–H groups in total. The standard InChI is InChI=1S/C27H23NO5/c1-4-31-24-16-19(13-14-23(24)32-26(29)21-12-8-6-10-18(21)3)15-22-27(30)33-25(28-22)20-11-7-5-9-17(20)2/h5-16H,4H2,1-3H3/b22-15+. The first-order chi connectivity index (χ1) is 16.0. The highest BCUT2D eigenvalue weighted by Crippen LogP contribution is 2.31. The molecule has 0 unspecified atom stereocenters. The van der Waals surface area contributed by atoms with E-state index < -0.39 is 11.9 Å². The largest absolute Gasteiger partial charge is 0.490 e. The van der Waals surface area contributed by atoms with Crippen LogP contribution < -0.4 is 9.47 Å². The first-order valence-corrected chi connectivity index (χ1v) is 10.6. The molecule has 0 radical (unpaired) electrons. The zero-order valence-electron chi connectivity index (χ0n) is 18.6. The number of aliphatic imine (C=N–C) groups is 1. The Morgan fingerprint density at radius 2 is 1.70 bits per heavy atom. The van der Waals surface area contributed by atoms with E-state index in [0.717, 1.165) is 16.7 Å². The number of esters is 2. The van der Waals surface area contributed by atoms with Gasteiger partial charge in [0, 0.05) is 5.56 Å². The lowest BCUT2D eigenvalue weighted by molar-refractivity contribution is -0.129. The second-order valence-electron chi connectivity index (χ2n) is 7.49. The van der Waals surface area contributed by atoms with Gasteiger partial charge in [0.25, 0.3) is 0 Å². The molecule has 1 aliphatic rings. The molecule has 0 spiro atoms. The molecule has 6 nitrogen and oxygen atoms in total. The predicted octanol–water partition coefficient (Wildman–Crippen LogP) is 5.27. The van der Waals surface area contributed by atoms with Gasteiger partial charge >= 0.3 is 11.9 Å². The lowest BCUT2D eigenvalue weighted by Gasteiger charge is -2.12. The van der Waals surface area contributed by atoms with Gasteiger partial charge in [-0.1, -0.05) is 42.5 Å². The van der Waals surface area contributed by atoms with E-state index in [1.807, 2.05) is 57.2 Å². The molecule has 0 aromatic heterocycles. The lowest BCUT2D eigenvalue weighted by atomic mass is 10.1. The van der Waals surface area contributed by atoms with Crippen LogP contribution in [0.4, 0.5) is 0 Å². The summed E-state index contributed by atoms with van der Waals surface area (Å²) in [4.78, 5) is 29.4. The molecule has 4 rings (SSSR count). The Balaban J connectivity index is 1.62. The Morgan fingerprint density at radius 3 is 2.42 bits per heavy atom. The van der Waals surface area contributed by atoms with Gasteiger partial charge in [0.15, 0.2) is 17.2 Å². The van der Waals surface area contributed by atoms with Crippen molar-refractivity contribution in [1.29, 1.82) is 0 Å². The number of ether oxygens (including phenoxy) is 3. The molecule has 1 aliphatic heterocycles. The maximum atomic E-state index is 12.6. The lowest BCUT2D eigenvalue weighted by Crippen LogP contribution is -2.11. The average Bonchev–Trinajstić information content (AvgIpc) is 3.16. The van der Waals surface area contributed by atoms with Crippen molar-refractivity contribution >= 4 is 23.9 Å². The van der Waals surface area contributed by atoms with Crippen molar-refractivity contribution in [3.8, 4) is 11.5 Å². The van der Waals surface area contributed by atoms with E-state index in [1.165, 1.54) is 0 Å². The summed E-state index contributed by atoms with van der Waals surface area (Å²) in [6.45, 7) is 6.00. The average molecular weight is 441 g/mol. The Hall–Kier alpha value is -4.19. The van der Waals surface area contributed by atoms with Crippen LogP contribution in [-0.4, -0.2) is 24.4 Å². The van der Waals surface area contributed by atoms with Gasteiger partial charge in [-0.3, -0.25) is 0 Å². The summed E-state index contributed by atoms with van der Waals surface area (Å²) in [5.41, 5.74) is 3.88. The van der Waals surface area contributed by atoms with Gasteiger partial charge < -0.3 is 14.2 Å². The van der Waals surface area contributed by atoms with Crippen molar-refractivity contribution in [2.75, 3.05) is 6.61 Å². The van der Waals surface area contributed by atoms with E-state index in [0.29, 0.717) is 29.2 Å². The van der Waals surface area contributed by atoms with Crippen LogP contribution in [0.15, 0.2) is 77.4 Å². The third-order valence-electron chi connectivity index (χ3n) is 5.13. The summed E-state index contributed by atoms with van der Waals surface area (Å²) in [6, 6.07) is 19.8. The highest BCUT2D eigenvalue weighted by molar-refractivity contribution is 6.13. The van der Waals surface area contributed by atoms with E-state index in [4.69, 9.17) is 14.2 Å². The number of nitrogens with zero attached hydrogens (tertiary/aromatic N) is 1. The third kappa shape index (κ3) is 4.85. The molecular formula is C27H23NO5. The van der Waals surface area contributed by atoms with E-state index in [1.54, 1.807) is 36.4 Å². The molecule has 0 atom stereocenters. The zero-order chi connectivity index (χ0) is 23.4. The zero-order valence-corrected chi connectivity index (χ0v) is 18.6. The van der Waals surface area contributed by atoms with Gasteiger partial charge in [0.2, 0.25) is 5.90 Å². The van der Waals surface area contributed by atoms with Crippen LogP contribution in [0.2, 0.25) is 0 Å². The van der Waals surface area contributed by atoms with Crippen molar-refractivity contribution in [1.82, 2.24) is 0 Å². The molecule has 0 saturated carbocycles. The Kier molecular flexibility index (Phi) is 6.36. The summed E-state index contributed by atoms with van der Waals surface area (Å²) in [7, 11) is 0. The summed E-state index contributed by atoms with van der Waals surface area (Å²) in [6.07, 6.45) is 1.61. The quantitative estimate of drug-likeness (QED) is 0.296. The minimum Gasteiger partial charge on any atom is -0.490 e. The highest BCUT2D eigenvalue weighted by Gasteiger charge is 2.25. The van der Waals surface area contributed by atoms with Gasteiger partial charge in [0.05, 0.1) is 12.2 Å². The van der Waals surface area contributed by atoms with Gasteiger partial charge in [-0.15, -0.1) is 0 Å². The molecule has 0 saturated heterocycles. The first kappa shape index (κ1) is 22.0. The van der Waals surface area contributed by atoms with Gasteiger partial charge in [-0.2, -0.15) is 0 Å². The van der Waals surface area contributed by atoms with E-state index in [2.05, 4.69) is 4.99 Å². The van der Waals surface area contributed by atoms with Crippen LogP contribution in [0.3, 0.4) is 0 Å². The van der Waals surface area contributed by atoms with Crippen molar-refractivity contribution in [2.24, 2.45) is 4.99 Å². The molecule has 0 bridgehead atoms. The number of rotatable bonds is 6. The van der Waals surface area contributed by atoms with Crippen LogP contribution in [0.25, 0.3) is 6.08 Å². The van der Waals surface area contributed by atoms with Crippen molar-refractivity contribution in [3.63, 3.8) is 0 Å². The minimum absolute atomic E-state index is 0.181. The topological polar surface area (TPSA) is 74.2 Å². The maximum Gasteiger partial charge on any atom is 0.363 e. The highest BCUT2D eigenvalue weighted by atomic mass is 16.6. The van der Waals surface area contributed by atoms with Crippen LogP contribution in [0, 0.1) is 13.8 Å². The summed E-state index contributed by atoms with van der Waals surface area (Å²) in [5, 5.41) is 0. The second kappa shape index (κ2) is 9.53. The van der Waals surface area contributed by atoms with Crippen LogP contribution in [0.5, 0.6) is 11.5 Å². The molecular weight excluding hydrogens is 418 g/mol.